The number of rotatable bonds is 6. The van der Waals surface area contributed by atoms with Crippen molar-refractivity contribution in [3.63, 3.8) is 0 Å². The predicted octanol–water partition coefficient (Wildman–Crippen LogP) is 0.277. The summed E-state index contributed by atoms with van der Waals surface area (Å²) < 4.78 is 4.00. The molecule has 0 spiro atoms. The Balaban J connectivity index is 1.51. The number of amides is 2. The molecule has 2 amide bonds. The zero-order valence-corrected chi connectivity index (χ0v) is 16.5. The minimum Gasteiger partial charge on any atom is -0.477 e. The third kappa shape index (κ3) is 3.70. The maximum Gasteiger partial charge on any atom is 0.352 e. The lowest BCUT2D eigenvalue weighted by Gasteiger charge is -2.48. The average molecular weight is 436 g/mol. The third-order valence-electron chi connectivity index (χ3n) is 4.47. The van der Waals surface area contributed by atoms with Crippen LogP contribution in [0.15, 0.2) is 28.8 Å². The number of β-lactam (4-membered cyclic amide) rings is 1. The number of anilines is 1. The Hall–Kier alpha value is -2.93. The second kappa shape index (κ2) is 7.83. The number of oxime groups is 1. The largest absolute Gasteiger partial charge is 0.477 e. The van der Waals surface area contributed by atoms with Crippen molar-refractivity contribution in [2.45, 2.75) is 30.7 Å². The van der Waals surface area contributed by atoms with Crippen LogP contribution in [0.25, 0.3) is 0 Å². The summed E-state index contributed by atoms with van der Waals surface area (Å²) in [5.74, 6) is -1.33. The van der Waals surface area contributed by atoms with Gasteiger partial charge in [-0.05, 0) is 25.0 Å². The molecule has 11 nitrogen and oxygen atoms in total. The summed E-state index contributed by atoms with van der Waals surface area (Å²) in [6.07, 6.45) is 5.88. The van der Waals surface area contributed by atoms with E-state index in [1.165, 1.54) is 17.8 Å². The molecule has 2 aliphatic heterocycles. The highest BCUT2D eigenvalue weighted by atomic mass is 32.2. The zero-order chi connectivity index (χ0) is 20.5. The highest BCUT2D eigenvalue weighted by Crippen LogP contribution is 2.37. The highest BCUT2D eigenvalue weighted by Gasteiger charge is 2.53. The normalized spacial score (nSPS) is 23.7. The molecule has 29 heavy (non-hydrogen) atoms. The molecule has 0 radical (unpaired) electrons. The molecule has 13 heteroatoms. The van der Waals surface area contributed by atoms with E-state index >= 15 is 0 Å². The number of nitrogens with two attached hydrogens (primary N) is 1. The molecule has 0 saturated carbocycles. The number of nitrogens with zero attached hydrogens (tertiary/aromatic N) is 4. The maximum atomic E-state index is 12.8. The molecule has 1 aliphatic carbocycles. The number of thioether (sulfide) groups is 1. The lowest BCUT2D eigenvalue weighted by atomic mass is 10.0. The van der Waals surface area contributed by atoms with E-state index in [0.29, 0.717) is 17.9 Å². The van der Waals surface area contributed by atoms with Gasteiger partial charge in [-0.15, -0.1) is 11.8 Å². The number of aliphatic carboxylic acids is 1. The van der Waals surface area contributed by atoms with Crippen molar-refractivity contribution in [1.29, 1.82) is 0 Å². The topological polar surface area (TPSA) is 160 Å². The van der Waals surface area contributed by atoms with Gasteiger partial charge in [-0.3, -0.25) is 14.5 Å². The van der Waals surface area contributed by atoms with Crippen LogP contribution in [0, 0.1) is 0 Å². The Morgan fingerprint density at radius 2 is 2.24 bits per heavy atom. The molecule has 4 rings (SSSR count). The van der Waals surface area contributed by atoms with Gasteiger partial charge in [-0.1, -0.05) is 5.16 Å². The summed E-state index contributed by atoms with van der Waals surface area (Å²) in [5.41, 5.74) is 5.32. The molecule has 2 atom stereocenters. The number of carboxylic acids is 1. The van der Waals surface area contributed by atoms with E-state index in [2.05, 4.69) is 19.8 Å². The SMILES string of the molecule is Nc1nc(/C(=N/OC2=CCCC2)C(=O)NC2C(=O)N3C(C(=O)O)=CCS[C@H]23)ns1. The molecule has 1 aromatic rings. The zero-order valence-electron chi connectivity index (χ0n) is 14.9. The van der Waals surface area contributed by atoms with Crippen molar-refractivity contribution < 1.29 is 24.3 Å². The Bertz CT molecular complexity index is 971. The van der Waals surface area contributed by atoms with Gasteiger partial charge in [0.1, 0.15) is 22.9 Å². The number of nitrogens with one attached hydrogen (secondary N) is 1. The molecule has 4 N–H and O–H groups in total. The second-order valence-corrected chi connectivity index (χ2v) is 8.26. The molecule has 152 valence electrons. The van der Waals surface area contributed by atoms with E-state index in [4.69, 9.17) is 10.6 Å². The molecule has 1 fully saturated rings. The van der Waals surface area contributed by atoms with Crippen molar-refractivity contribution in [1.82, 2.24) is 19.6 Å². The molecule has 3 aliphatic rings. The number of allylic oxidation sites excluding steroid dienone is 2. The first-order valence-electron chi connectivity index (χ1n) is 8.68. The van der Waals surface area contributed by atoms with Crippen molar-refractivity contribution in [2.24, 2.45) is 5.16 Å². The molecular weight excluding hydrogens is 420 g/mol. The Labute approximate surface area is 172 Å². The third-order valence-corrected chi connectivity index (χ3v) is 6.20. The number of nitrogen functional groups attached to an aromatic ring is 1. The van der Waals surface area contributed by atoms with Crippen LogP contribution in [0.4, 0.5) is 5.13 Å². The summed E-state index contributed by atoms with van der Waals surface area (Å²) in [7, 11) is 0. The summed E-state index contributed by atoms with van der Waals surface area (Å²) in [6, 6.07) is -0.887. The summed E-state index contributed by atoms with van der Waals surface area (Å²) in [5, 5.41) is 15.4. The lowest BCUT2D eigenvalue weighted by molar-refractivity contribution is -0.150. The second-order valence-electron chi connectivity index (χ2n) is 6.33. The molecule has 1 aromatic heterocycles. The van der Waals surface area contributed by atoms with Gasteiger partial charge in [0, 0.05) is 23.7 Å². The molecular formula is C16H16N6O5S2. The fraction of sp³-hybridized carbons (Fsp3) is 0.375. The van der Waals surface area contributed by atoms with E-state index in [1.54, 1.807) is 0 Å². The smallest absolute Gasteiger partial charge is 0.352 e. The van der Waals surface area contributed by atoms with E-state index < -0.39 is 29.2 Å². The summed E-state index contributed by atoms with van der Waals surface area (Å²) >= 11 is 2.26. The maximum absolute atomic E-state index is 12.8. The average Bonchev–Trinajstić information content (AvgIpc) is 3.37. The number of hydrogen-bond donors (Lipinski definition) is 3. The highest BCUT2D eigenvalue weighted by molar-refractivity contribution is 8.00. The molecule has 3 heterocycles. The Kier molecular flexibility index (Phi) is 5.24. The van der Waals surface area contributed by atoms with Crippen molar-refractivity contribution in [3.8, 4) is 0 Å². The van der Waals surface area contributed by atoms with Gasteiger partial charge in [-0.2, -0.15) is 9.36 Å². The van der Waals surface area contributed by atoms with Crippen LogP contribution in [0.1, 0.15) is 25.1 Å². The number of fused-ring (bicyclic) bond motifs is 1. The molecule has 0 bridgehead atoms. The van der Waals surface area contributed by atoms with Crippen LogP contribution in [0.3, 0.4) is 0 Å². The van der Waals surface area contributed by atoms with Gasteiger partial charge in [0.2, 0.25) is 11.5 Å². The van der Waals surface area contributed by atoms with Crippen LogP contribution in [-0.4, -0.2) is 60.0 Å². The van der Waals surface area contributed by atoms with E-state index in [0.717, 1.165) is 29.3 Å². The van der Waals surface area contributed by atoms with E-state index in [9.17, 15) is 19.5 Å². The van der Waals surface area contributed by atoms with Gasteiger partial charge in [0.05, 0.1) is 0 Å². The number of carbonyl (C=O) groups excluding carboxylic acids is 2. The monoisotopic (exact) mass is 436 g/mol. The lowest BCUT2D eigenvalue weighted by Crippen LogP contribution is -2.70. The van der Waals surface area contributed by atoms with Gasteiger partial charge in [-0.25, -0.2) is 4.79 Å². The standard InChI is InChI=1S/C16H16N6O5S2/c17-16-19-11(21-29-16)9(20-27-7-3-1-2-4-7)12(23)18-10-13(24)22-8(15(25)26)5-6-28-14(10)22/h3,5,10,14H,1-2,4,6H2,(H,18,23)(H,25,26)(H2,17,19,21)/b20-9-/t10?,14-/m1/s1. The van der Waals surface area contributed by atoms with Crippen LogP contribution in [-0.2, 0) is 19.2 Å². The molecule has 0 aromatic carbocycles. The summed E-state index contributed by atoms with van der Waals surface area (Å²) in [4.78, 5) is 47.1. The van der Waals surface area contributed by atoms with Gasteiger partial charge in [0.15, 0.2) is 5.13 Å². The molecule has 1 unspecified atom stereocenters. The first kappa shape index (κ1) is 19.4. The Morgan fingerprint density at radius 1 is 1.41 bits per heavy atom. The minimum absolute atomic E-state index is 0.00496. The van der Waals surface area contributed by atoms with Crippen LogP contribution >= 0.6 is 23.3 Å². The fourth-order valence-electron chi connectivity index (χ4n) is 3.09. The van der Waals surface area contributed by atoms with Crippen LogP contribution in [0.5, 0.6) is 0 Å². The van der Waals surface area contributed by atoms with Crippen LogP contribution < -0.4 is 11.1 Å². The number of aromatic nitrogens is 2. The van der Waals surface area contributed by atoms with Gasteiger partial charge in [0.25, 0.3) is 11.8 Å². The van der Waals surface area contributed by atoms with E-state index in [1.807, 2.05) is 6.08 Å². The van der Waals surface area contributed by atoms with Crippen molar-refractivity contribution >= 4 is 51.9 Å². The minimum atomic E-state index is -1.18. The fourth-order valence-corrected chi connectivity index (χ4v) is 4.72. The Morgan fingerprint density at radius 3 is 2.90 bits per heavy atom. The number of hydrogen-bond acceptors (Lipinski definition) is 10. The number of carbonyl (C=O) groups is 3. The van der Waals surface area contributed by atoms with Crippen LogP contribution in [0.2, 0.25) is 0 Å². The quantitative estimate of drug-likeness (QED) is 0.323. The first-order valence-corrected chi connectivity index (χ1v) is 10.5. The molecule has 1 saturated heterocycles. The first-order chi connectivity index (χ1) is 14.0. The number of carboxylic acid groups (broad SMARTS) is 1. The summed E-state index contributed by atoms with van der Waals surface area (Å²) in [6.45, 7) is 0. The predicted molar refractivity (Wildman–Crippen MR) is 105 cm³/mol. The van der Waals surface area contributed by atoms with Gasteiger partial charge < -0.3 is 21.0 Å². The van der Waals surface area contributed by atoms with Crippen molar-refractivity contribution in [3.05, 3.63) is 29.4 Å². The van der Waals surface area contributed by atoms with Crippen molar-refractivity contribution in [2.75, 3.05) is 11.5 Å². The van der Waals surface area contributed by atoms with Gasteiger partial charge >= 0.3 is 5.97 Å². The van der Waals surface area contributed by atoms with E-state index in [-0.39, 0.29) is 22.4 Å².